The maximum atomic E-state index is 10.4. The number of rotatable bonds is 5. The van der Waals surface area contributed by atoms with E-state index in [1.807, 2.05) is 0 Å². The van der Waals surface area contributed by atoms with E-state index in [1.165, 1.54) is 12.8 Å². The van der Waals surface area contributed by atoms with Crippen molar-refractivity contribution in [3.05, 3.63) is 16.1 Å². The Hall–Kier alpha value is -0.220. The van der Waals surface area contributed by atoms with Crippen LogP contribution in [0.3, 0.4) is 0 Å². The molecular formula is C9H12BrNOS. The van der Waals surface area contributed by atoms with Gasteiger partial charge < -0.3 is 0 Å². The second-order valence-corrected chi connectivity index (χ2v) is 4.83. The molecule has 72 valence electrons. The number of aldehydes is 1. The predicted molar refractivity (Wildman–Crippen MR) is 58.7 cm³/mol. The summed E-state index contributed by atoms with van der Waals surface area (Å²) in [7, 11) is 0. The van der Waals surface area contributed by atoms with E-state index in [4.69, 9.17) is 0 Å². The van der Waals surface area contributed by atoms with E-state index in [2.05, 4.69) is 27.8 Å². The minimum Gasteiger partial charge on any atom is -0.296 e. The van der Waals surface area contributed by atoms with Crippen LogP contribution in [-0.2, 0) is 0 Å². The van der Waals surface area contributed by atoms with Gasteiger partial charge in [-0.2, -0.15) is 0 Å². The number of halogens is 1. The van der Waals surface area contributed by atoms with E-state index in [9.17, 15) is 4.79 Å². The van der Waals surface area contributed by atoms with Crippen molar-refractivity contribution in [2.45, 2.75) is 31.0 Å². The van der Waals surface area contributed by atoms with Gasteiger partial charge in [0, 0.05) is 5.38 Å². The maximum absolute atomic E-state index is 10.4. The van der Waals surface area contributed by atoms with Crippen molar-refractivity contribution in [2.75, 3.05) is 0 Å². The van der Waals surface area contributed by atoms with Crippen molar-refractivity contribution in [2.24, 2.45) is 0 Å². The minimum atomic E-state index is 0.311. The molecule has 2 nitrogen and oxygen atoms in total. The van der Waals surface area contributed by atoms with E-state index < -0.39 is 0 Å². The van der Waals surface area contributed by atoms with Crippen LogP contribution in [0, 0.1) is 0 Å². The quantitative estimate of drug-likeness (QED) is 0.599. The fourth-order valence-corrected chi connectivity index (χ4v) is 2.53. The molecule has 1 rings (SSSR count). The second-order valence-electron chi connectivity index (χ2n) is 2.84. The third-order valence-electron chi connectivity index (χ3n) is 1.74. The Morgan fingerprint density at radius 2 is 2.54 bits per heavy atom. The summed E-state index contributed by atoms with van der Waals surface area (Å²) in [4.78, 5) is 14.9. The largest absolute Gasteiger partial charge is 0.296 e. The predicted octanol–water partition coefficient (Wildman–Crippen LogP) is 3.58. The van der Waals surface area contributed by atoms with Gasteiger partial charge in [-0.25, -0.2) is 4.98 Å². The molecule has 0 aliphatic heterocycles. The Bertz CT molecular complexity index is 274. The van der Waals surface area contributed by atoms with Gasteiger partial charge in [0.15, 0.2) is 6.29 Å². The minimum absolute atomic E-state index is 0.311. The summed E-state index contributed by atoms with van der Waals surface area (Å²) in [6.45, 7) is 2.17. The van der Waals surface area contributed by atoms with Crippen molar-refractivity contribution < 1.29 is 4.79 Å². The van der Waals surface area contributed by atoms with Crippen LogP contribution in [0.5, 0.6) is 0 Å². The van der Waals surface area contributed by atoms with Crippen molar-refractivity contribution in [1.82, 2.24) is 4.98 Å². The molecule has 0 saturated heterocycles. The molecule has 1 atom stereocenters. The lowest BCUT2D eigenvalue weighted by atomic mass is 10.2. The number of aromatic nitrogens is 1. The lowest BCUT2D eigenvalue weighted by Gasteiger charge is -2.03. The van der Waals surface area contributed by atoms with Crippen LogP contribution < -0.4 is 0 Å². The fraction of sp³-hybridized carbons (Fsp3) is 0.556. The highest BCUT2D eigenvalue weighted by atomic mass is 79.9. The first-order valence-corrected chi connectivity index (χ1v) is 6.12. The highest BCUT2D eigenvalue weighted by molar-refractivity contribution is 9.09. The van der Waals surface area contributed by atoms with Gasteiger partial charge in [0.2, 0.25) is 0 Å². The number of alkyl halides is 1. The van der Waals surface area contributed by atoms with Gasteiger partial charge in [0.25, 0.3) is 0 Å². The number of hydrogen-bond donors (Lipinski definition) is 0. The van der Waals surface area contributed by atoms with E-state index in [1.54, 1.807) is 16.7 Å². The number of carbonyl (C=O) groups excluding carboxylic acids is 1. The van der Waals surface area contributed by atoms with Crippen molar-refractivity contribution in [3.63, 3.8) is 0 Å². The monoisotopic (exact) mass is 261 g/mol. The summed E-state index contributed by atoms with van der Waals surface area (Å²) >= 11 is 5.10. The average molecular weight is 262 g/mol. The molecule has 0 aromatic carbocycles. The number of hydrogen-bond acceptors (Lipinski definition) is 3. The zero-order valence-corrected chi connectivity index (χ0v) is 9.90. The molecule has 0 aliphatic carbocycles. The Kier molecular flexibility index (Phi) is 4.59. The van der Waals surface area contributed by atoms with Crippen LogP contribution in [0.25, 0.3) is 0 Å². The van der Waals surface area contributed by atoms with E-state index in [0.29, 0.717) is 10.5 Å². The lowest BCUT2D eigenvalue weighted by Crippen LogP contribution is -1.89. The highest BCUT2D eigenvalue weighted by Gasteiger charge is 2.10. The lowest BCUT2D eigenvalue weighted by molar-refractivity contribution is 0.111. The van der Waals surface area contributed by atoms with Gasteiger partial charge in [-0.3, -0.25) is 4.79 Å². The molecule has 1 unspecified atom stereocenters. The third-order valence-corrected chi connectivity index (χ3v) is 3.91. The Morgan fingerprint density at radius 1 is 1.77 bits per heavy atom. The van der Waals surface area contributed by atoms with Gasteiger partial charge in [-0.05, 0) is 6.42 Å². The molecule has 0 amide bonds. The third kappa shape index (κ3) is 3.19. The Balaban J connectivity index is 2.54. The summed E-state index contributed by atoms with van der Waals surface area (Å²) in [5.74, 6) is 0. The molecule has 1 heterocycles. The van der Waals surface area contributed by atoms with Gasteiger partial charge in [-0.15, -0.1) is 11.3 Å². The first kappa shape index (κ1) is 10.9. The summed E-state index contributed by atoms with van der Waals surface area (Å²) in [6, 6.07) is 0. The molecule has 0 radical (unpaired) electrons. The van der Waals surface area contributed by atoms with Crippen LogP contribution in [-0.4, -0.2) is 11.3 Å². The van der Waals surface area contributed by atoms with Gasteiger partial charge in [0.05, 0.1) is 4.83 Å². The molecule has 1 aromatic rings. The van der Waals surface area contributed by atoms with Crippen LogP contribution in [0.15, 0.2) is 5.38 Å². The van der Waals surface area contributed by atoms with Crippen LogP contribution in [0.2, 0.25) is 0 Å². The molecule has 4 heteroatoms. The first-order chi connectivity index (χ1) is 6.27. The Morgan fingerprint density at radius 3 is 3.08 bits per heavy atom. The Labute approximate surface area is 90.5 Å². The summed E-state index contributed by atoms with van der Waals surface area (Å²) in [5, 5.41) is 2.80. The highest BCUT2D eigenvalue weighted by Crippen LogP contribution is 2.30. The second kappa shape index (κ2) is 5.50. The normalized spacial score (nSPS) is 12.8. The van der Waals surface area contributed by atoms with Gasteiger partial charge >= 0.3 is 0 Å². The van der Waals surface area contributed by atoms with Crippen molar-refractivity contribution >= 4 is 33.6 Å². The maximum Gasteiger partial charge on any atom is 0.169 e. The molecule has 0 aliphatic rings. The molecule has 0 saturated carbocycles. The number of unbranched alkanes of at least 4 members (excludes halogenated alkanes) is 1. The van der Waals surface area contributed by atoms with E-state index >= 15 is 0 Å². The zero-order chi connectivity index (χ0) is 9.68. The molecule has 1 aromatic heterocycles. The number of nitrogens with zero attached hydrogens (tertiary/aromatic N) is 1. The number of thiazole rings is 1. The summed E-state index contributed by atoms with van der Waals surface area (Å²) in [5.41, 5.74) is 0.543. The molecular weight excluding hydrogens is 250 g/mol. The van der Waals surface area contributed by atoms with E-state index in [0.717, 1.165) is 17.7 Å². The topological polar surface area (TPSA) is 30.0 Å². The zero-order valence-electron chi connectivity index (χ0n) is 7.50. The number of carbonyl (C=O) groups is 1. The SMILES string of the molecule is CCCCC(Br)c1nc(C=O)cs1. The smallest absolute Gasteiger partial charge is 0.169 e. The van der Waals surface area contributed by atoms with Gasteiger partial charge in [0.1, 0.15) is 10.7 Å². The molecule has 0 spiro atoms. The van der Waals surface area contributed by atoms with Crippen molar-refractivity contribution in [1.29, 1.82) is 0 Å². The fourth-order valence-electron chi connectivity index (χ4n) is 1.01. The summed E-state index contributed by atoms with van der Waals surface area (Å²) < 4.78 is 0. The van der Waals surface area contributed by atoms with Crippen LogP contribution in [0.4, 0.5) is 0 Å². The average Bonchev–Trinajstić information content (AvgIpc) is 2.62. The van der Waals surface area contributed by atoms with Crippen LogP contribution >= 0.6 is 27.3 Å². The van der Waals surface area contributed by atoms with E-state index in [-0.39, 0.29) is 0 Å². The summed E-state index contributed by atoms with van der Waals surface area (Å²) in [6.07, 6.45) is 4.25. The standard InChI is InChI=1S/C9H12BrNOS/c1-2-3-4-8(10)9-11-7(5-12)6-13-9/h5-6,8H,2-4H2,1H3. The first-order valence-electron chi connectivity index (χ1n) is 4.32. The molecule has 0 fully saturated rings. The molecule has 0 bridgehead atoms. The van der Waals surface area contributed by atoms with Crippen molar-refractivity contribution in [3.8, 4) is 0 Å². The molecule has 0 N–H and O–H groups in total. The molecule has 13 heavy (non-hydrogen) atoms. The van der Waals surface area contributed by atoms with Gasteiger partial charge in [-0.1, -0.05) is 35.7 Å². The van der Waals surface area contributed by atoms with Crippen LogP contribution in [0.1, 0.15) is 46.5 Å².